The van der Waals surface area contributed by atoms with Gasteiger partial charge in [-0.3, -0.25) is 9.59 Å². The molecule has 14 heavy (non-hydrogen) atoms. The highest BCUT2D eigenvalue weighted by atomic mass is 16.6. The maximum Gasteiger partial charge on any atom is 0.317 e. The molecule has 0 aliphatic carbocycles. The molecule has 0 saturated heterocycles. The molecule has 0 aliphatic rings. The predicted molar refractivity (Wildman–Crippen MR) is 51.7 cm³/mol. The van der Waals surface area contributed by atoms with Gasteiger partial charge >= 0.3 is 11.9 Å². The standard InChI is InChI=1S/C11H12O3/c1-8-5-3-4-6-10(8)7-11(13)14-9(2)12/h3-6H,7H2,1-2H3. The fourth-order valence-electron chi connectivity index (χ4n) is 1.16. The maximum absolute atomic E-state index is 11.1. The number of rotatable bonds is 2. The zero-order valence-corrected chi connectivity index (χ0v) is 8.24. The molecule has 0 saturated carbocycles. The Morgan fingerprint density at radius 1 is 1.29 bits per heavy atom. The van der Waals surface area contributed by atoms with Crippen LogP contribution in [-0.4, -0.2) is 11.9 Å². The smallest absolute Gasteiger partial charge is 0.317 e. The number of aryl methyl sites for hydroxylation is 1. The van der Waals surface area contributed by atoms with Gasteiger partial charge in [0.05, 0.1) is 6.42 Å². The van der Waals surface area contributed by atoms with Crippen LogP contribution >= 0.6 is 0 Å². The fraction of sp³-hybridized carbons (Fsp3) is 0.273. The van der Waals surface area contributed by atoms with E-state index in [0.717, 1.165) is 11.1 Å². The molecule has 0 radical (unpaired) electrons. The molecule has 3 nitrogen and oxygen atoms in total. The van der Waals surface area contributed by atoms with Gasteiger partial charge in [0.2, 0.25) is 0 Å². The molecule has 1 rings (SSSR count). The first-order chi connectivity index (χ1) is 6.59. The van der Waals surface area contributed by atoms with Gasteiger partial charge in [-0.05, 0) is 18.1 Å². The lowest BCUT2D eigenvalue weighted by Gasteiger charge is -2.03. The van der Waals surface area contributed by atoms with Crippen LogP contribution in [0.4, 0.5) is 0 Å². The van der Waals surface area contributed by atoms with Crippen LogP contribution in [0.15, 0.2) is 24.3 Å². The van der Waals surface area contributed by atoms with Crippen LogP contribution in [-0.2, 0) is 20.7 Å². The number of benzene rings is 1. The highest BCUT2D eigenvalue weighted by molar-refractivity contribution is 5.85. The van der Waals surface area contributed by atoms with E-state index in [-0.39, 0.29) is 6.42 Å². The summed E-state index contributed by atoms with van der Waals surface area (Å²) in [7, 11) is 0. The predicted octanol–water partition coefficient (Wildman–Crippen LogP) is 1.63. The molecule has 1 aromatic carbocycles. The zero-order chi connectivity index (χ0) is 10.6. The fourth-order valence-corrected chi connectivity index (χ4v) is 1.16. The molecule has 1 aromatic rings. The van der Waals surface area contributed by atoms with Crippen molar-refractivity contribution in [3.63, 3.8) is 0 Å². The molecule has 0 amide bonds. The lowest BCUT2D eigenvalue weighted by molar-refractivity contribution is -0.157. The molecule has 3 heteroatoms. The Morgan fingerprint density at radius 2 is 1.93 bits per heavy atom. The molecule has 0 aromatic heterocycles. The van der Waals surface area contributed by atoms with Crippen molar-refractivity contribution in [1.82, 2.24) is 0 Å². The Balaban J connectivity index is 2.65. The van der Waals surface area contributed by atoms with Crippen molar-refractivity contribution in [2.75, 3.05) is 0 Å². The molecule has 0 fully saturated rings. The van der Waals surface area contributed by atoms with Crippen molar-refractivity contribution >= 4 is 11.9 Å². The molecule has 0 N–H and O–H groups in total. The monoisotopic (exact) mass is 192 g/mol. The van der Waals surface area contributed by atoms with Crippen LogP contribution in [0.5, 0.6) is 0 Å². The second-order valence-electron chi connectivity index (χ2n) is 3.07. The Bertz CT molecular complexity index is 355. The quantitative estimate of drug-likeness (QED) is 0.528. The summed E-state index contributed by atoms with van der Waals surface area (Å²) in [4.78, 5) is 21.6. The molecular formula is C11H12O3. The molecular weight excluding hydrogens is 180 g/mol. The van der Waals surface area contributed by atoms with Crippen molar-refractivity contribution in [3.8, 4) is 0 Å². The summed E-state index contributed by atoms with van der Waals surface area (Å²) in [5, 5.41) is 0. The Labute approximate surface area is 82.7 Å². The molecule has 0 heterocycles. The number of ether oxygens (including phenoxy) is 1. The summed E-state index contributed by atoms with van der Waals surface area (Å²) in [6.45, 7) is 3.13. The van der Waals surface area contributed by atoms with E-state index in [2.05, 4.69) is 4.74 Å². The molecule has 74 valence electrons. The van der Waals surface area contributed by atoms with E-state index in [4.69, 9.17) is 0 Å². The van der Waals surface area contributed by atoms with Crippen molar-refractivity contribution in [3.05, 3.63) is 35.4 Å². The molecule has 0 aliphatic heterocycles. The SMILES string of the molecule is CC(=O)OC(=O)Cc1ccccc1C. The number of hydrogen-bond donors (Lipinski definition) is 0. The van der Waals surface area contributed by atoms with Crippen LogP contribution in [0.2, 0.25) is 0 Å². The normalized spacial score (nSPS) is 9.57. The third kappa shape index (κ3) is 3.01. The third-order valence-electron chi connectivity index (χ3n) is 1.85. The first-order valence-corrected chi connectivity index (χ1v) is 4.35. The van der Waals surface area contributed by atoms with Crippen LogP contribution in [0, 0.1) is 6.92 Å². The first kappa shape index (κ1) is 10.4. The average Bonchev–Trinajstić information content (AvgIpc) is 2.07. The van der Waals surface area contributed by atoms with Crippen molar-refractivity contribution in [2.24, 2.45) is 0 Å². The molecule has 0 unspecified atom stereocenters. The second-order valence-corrected chi connectivity index (χ2v) is 3.07. The van der Waals surface area contributed by atoms with Crippen LogP contribution in [0.1, 0.15) is 18.1 Å². The highest BCUT2D eigenvalue weighted by Gasteiger charge is 2.08. The third-order valence-corrected chi connectivity index (χ3v) is 1.85. The Hall–Kier alpha value is -1.64. The van der Waals surface area contributed by atoms with Gasteiger partial charge in [-0.2, -0.15) is 0 Å². The van der Waals surface area contributed by atoms with E-state index in [9.17, 15) is 9.59 Å². The minimum atomic E-state index is -0.566. The first-order valence-electron chi connectivity index (χ1n) is 4.35. The number of carbonyl (C=O) groups excluding carboxylic acids is 2. The summed E-state index contributed by atoms with van der Waals surface area (Å²) >= 11 is 0. The van der Waals surface area contributed by atoms with Crippen molar-refractivity contribution in [1.29, 1.82) is 0 Å². The summed E-state index contributed by atoms with van der Waals surface area (Å²) in [5.41, 5.74) is 1.91. The number of hydrogen-bond acceptors (Lipinski definition) is 3. The van der Waals surface area contributed by atoms with E-state index in [0.29, 0.717) is 0 Å². The minimum Gasteiger partial charge on any atom is -0.393 e. The van der Waals surface area contributed by atoms with Crippen LogP contribution in [0.3, 0.4) is 0 Å². The lowest BCUT2D eigenvalue weighted by atomic mass is 10.1. The summed E-state index contributed by atoms with van der Waals surface area (Å²) in [6, 6.07) is 7.51. The Morgan fingerprint density at radius 3 is 2.50 bits per heavy atom. The van der Waals surface area contributed by atoms with Gasteiger partial charge in [-0.15, -0.1) is 0 Å². The van der Waals surface area contributed by atoms with Crippen molar-refractivity contribution < 1.29 is 14.3 Å². The van der Waals surface area contributed by atoms with E-state index in [1.54, 1.807) is 0 Å². The van der Waals surface area contributed by atoms with Crippen LogP contribution in [0.25, 0.3) is 0 Å². The summed E-state index contributed by atoms with van der Waals surface area (Å²) in [6.07, 6.45) is 0.145. The molecule has 0 spiro atoms. The molecule has 0 atom stereocenters. The van der Waals surface area contributed by atoms with Gasteiger partial charge in [0.15, 0.2) is 0 Å². The topological polar surface area (TPSA) is 43.4 Å². The highest BCUT2D eigenvalue weighted by Crippen LogP contribution is 2.08. The van der Waals surface area contributed by atoms with E-state index in [1.165, 1.54) is 6.92 Å². The van der Waals surface area contributed by atoms with Gasteiger partial charge in [0, 0.05) is 6.92 Å². The minimum absolute atomic E-state index is 0.145. The van der Waals surface area contributed by atoms with Gasteiger partial charge in [-0.1, -0.05) is 24.3 Å². The largest absolute Gasteiger partial charge is 0.393 e. The molecule has 0 bridgehead atoms. The van der Waals surface area contributed by atoms with E-state index in [1.807, 2.05) is 31.2 Å². The van der Waals surface area contributed by atoms with Crippen LogP contribution < -0.4 is 0 Å². The maximum atomic E-state index is 11.1. The van der Waals surface area contributed by atoms with Gasteiger partial charge in [0.1, 0.15) is 0 Å². The second kappa shape index (κ2) is 4.56. The van der Waals surface area contributed by atoms with Gasteiger partial charge in [0.25, 0.3) is 0 Å². The average molecular weight is 192 g/mol. The van der Waals surface area contributed by atoms with Gasteiger partial charge in [-0.25, -0.2) is 0 Å². The van der Waals surface area contributed by atoms with Gasteiger partial charge < -0.3 is 4.74 Å². The lowest BCUT2D eigenvalue weighted by Crippen LogP contribution is -2.12. The summed E-state index contributed by atoms with van der Waals surface area (Å²) in [5.74, 6) is -1.07. The number of esters is 2. The number of carbonyl (C=O) groups is 2. The van der Waals surface area contributed by atoms with E-state index < -0.39 is 11.9 Å². The zero-order valence-electron chi connectivity index (χ0n) is 8.24. The van der Waals surface area contributed by atoms with E-state index >= 15 is 0 Å². The Kier molecular flexibility index (Phi) is 3.40. The van der Waals surface area contributed by atoms with Crippen molar-refractivity contribution in [2.45, 2.75) is 20.3 Å². The summed E-state index contributed by atoms with van der Waals surface area (Å²) < 4.78 is 4.43.